The molecule has 0 saturated carbocycles. The molecule has 0 saturated heterocycles. The zero-order chi connectivity index (χ0) is 13.8. The maximum absolute atomic E-state index is 13.3. The molecule has 98 valence electrons. The number of halogens is 1. The third-order valence-corrected chi connectivity index (χ3v) is 2.58. The topological polar surface area (TPSA) is 66.5 Å². The molecular formula is C13H14FN5. The molecule has 0 bridgehead atoms. The van der Waals surface area contributed by atoms with E-state index < -0.39 is 0 Å². The molecule has 0 aliphatic rings. The summed E-state index contributed by atoms with van der Waals surface area (Å²) in [7, 11) is 0. The van der Waals surface area contributed by atoms with Crippen molar-refractivity contribution in [3.63, 3.8) is 0 Å². The van der Waals surface area contributed by atoms with Gasteiger partial charge in [-0.05, 0) is 23.8 Å². The third-order valence-electron chi connectivity index (χ3n) is 2.58. The molecule has 0 atom stereocenters. The van der Waals surface area contributed by atoms with Crippen LogP contribution >= 0.6 is 0 Å². The zero-order valence-corrected chi connectivity index (χ0v) is 10.8. The first-order chi connectivity index (χ1) is 9.10. The lowest BCUT2D eigenvalue weighted by atomic mass is 10.1. The van der Waals surface area contributed by atoms with Crippen molar-refractivity contribution < 1.29 is 4.39 Å². The molecule has 0 unspecified atom stereocenters. The molecule has 1 aromatic carbocycles. The molecule has 19 heavy (non-hydrogen) atoms. The van der Waals surface area contributed by atoms with E-state index in [-0.39, 0.29) is 11.6 Å². The van der Waals surface area contributed by atoms with Crippen LogP contribution in [0.15, 0.2) is 24.5 Å². The van der Waals surface area contributed by atoms with Gasteiger partial charge in [-0.2, -0.15) is 5.26 Å². The Bertz CT molecular complexity index is 612. The van der Waals surface area contributed by atoms with Gasteiger partial charge in [-0.3, -0.25) is 0 Å². The van der Waals surface area contributed by atoms with Crippen molar-refractivity contribution in [2.24, 2.45) is 0 Å². The van der Waals surface area contributed by atoms with Gasteiger partial charge in [0.05, 0.1) is 5.69 Å². The SMILES string of the molecule is CC(C)NCc1cc(F)ccc1-n1cnc(C#N)n1. The number of hydrogen-bond acceptors (Lipinski definition) is 4. The molecule has 6 heteroatoms. The van der Waals surface area contributed by atoms with Gasteiger partial charge in [0, 0.05) is 12.6 Å². The first kappa shape index (κ1) is 13.2. The van der Waals surface area contributed by atoms with Crippen LogP contribution in [0.5, 0.6) is 0 Å². The number of nitriles is 1. The average Bonchev–Trinajstić information content (AvgIpc) is 2.85. The summed E-state index contributed by atoms with van der Waals surface area (Å²) in [5.41, 5.74) is 1.48. The van der Waals surface area contributed by atoms with Crippen molar-refractivity contribution in [3.8, 4) is 11.8 Å². The van der Waals surface area contributed by atoms with Crippen LogP contribution < -0.4 is 5.32 Å². The van der Waals surface area contributed by atoms with E-state index in [0.29, 0.717) is 18.3 Å². The van der Waals surface area contributed by atoms with Crippen LogP contribution in [-0.4, -0.2) is 20.8 Å². The quantitative estimate of drug-likeness (QED) is 0.908. The van der Waals surface area contributed by atoms with Crippen molar-refractivity contribution in [1.29, 1.82) is 5.26 Å². The zero-order valence-electron chi connectivity index (χ0n) is 10.8. The molecule has 2 aromatic rings. The van der Waals surface area contributed by atoms with Crippen LogP contribution in [0.1, 0.15) is 25.2 Å². The van der Waals surface area contributed by atoms with Crippen molar-refractivity contribution in [2.75, 3.05) is 0 Å². The molecule has 0 spiro atoms. The minimum Gasteiger partial charge on any atom is -0.310 e. The summed E-state index contributed by atoms with van der Waals surface area (Å²) in [4.78, 5) is 3.85. The van der Waals surface area contributed by atoms with Crippen molar-refractivity contribution in [1.82, 2.24) is 20.1 Å². The average molecular weight is 259 g/mol. The van der Waals surface area contributed by atoms with E-state index in [2.05, 4.69) is 15.4 Å². The Kier molecular flexibility index (Phi) is 3.88. The van der Waals surface area contributed by atoms with E-state index in [9.17, 15) is 4.39 Å². The van der Waals surface area contributed by atoms with E-state index in [1.807, 2.05) is 19.9 Å². The highest BCUT2D eigenvalue weighted by atomic mass is 19.1. The number of nitrogens with zero attached hydrogens (tertiary/aromatic N) is 4. The van der Waals surface area contributed by atoms with Gasteiger partial charge >= 0.3 is 0 Å². The van der Waals surface area contributed by atoms with Crippen LogP contribution in [0.2, 0.25) is 0 Å². The van der Waals surface area contributed by atoms with Crippen LogP contribution in [0.4, 0.5) is 4.39 Å². The van der Waals surface area contributed by atoms with Crippen molar-refractivity contribution in [3.05, 3.63) is 41.7 Å². The normalized spacial score (nSPS) is 10.7. The predicted molar refractivity (Wildman–Crippen MR) is 68.0 cm³/mol. The second kappa shape index (κ2) is 5.59. The maximum Gasteiger partial charge on any atom is 0.252 e. The van der Waals surface area contributed by atoms with Crippen LogP contribution in [0.25, 0.3) is 5.69 Å². The highest BCUT2D eigenvalue weighted by Crippen LogP contribution is 2.15. The van der Waals surface area contributed by atoms with Gasteiger partial charge in [-0.15, -0.1) is 5.10 Å². The summed E-state index contributed by atoms with van der Waals surface area (Å²) in [6.07, 6.45) is 1.45. The number of rotatable bonds is 4. The predicted octanol–water partition coefficient (Wildman–Crippen LogP) is 1.78. The van der Waals surface area contributed by atoms with Crippen LogP contribution in [-0.2, 0) is 6.54 Å². The van der Waals surface area contributed by atoms with E-state index in [1.54, 1.807) is 6.07 Å². The molecule has 0 radical (unpaired) electrons. The van der Waals surface area contributed by atoms with Gasteiger partial charge in [0.15, 0.2) is 0 Å². The Balaban J connectivity index is 2.36. The fourth-order valence-corrected chi connectivity index (χ4v) is 1.66. The standard InChI is InChI=1S/C13H14FN5/c1-9(2)16-7-10-5-11(14)3-4-12(10)19-8-17-13(6-15)18-19/h3-5,8-9,16H,7H2,1-2H3. The van der Waals surface area contributed by atoms with E-state index in [4.69, 9.17) is 5.26 Å². The van der Waals surface area contributed by atoms with E-state index >= 15 is 0 Å². The second-order valence-electron chi connectivity index (χ2n) is 4.43. The fraction of sp³-hybridized carbons (Fsp3) is 0.308. The number of hydrogen-bond donors (Lipinski definition) is 1. The van der Waals surface area contributed by atoms with Gasteiger partial charge in [0.1, 0.15) is 18.2 Å². The largest absolute Gasteiger partial charge is 0.310 e. The lowest BCUT2D eigenvalue weighted by Crippen LogP contribution is -2.22. The fourth-order valence-electron chi connectivity index (χ4n) is 1.66. The molecule has 0 aliphatic heterocycles. The van der Waals surface area contributed by atoms with Gasteiger partial charge in [-0.1, -0.05) is 13.8 Å². The Morgan fingerprint density at radius 3 is 2.89 bits per heavy atom. The van der Waals surface area contributed by atoms with Gasteiger partial charge < -0.3 is 5.32 Å². The van der Waals surface area contributed by atoms with E-state index in [0.717, 1.165) is 5.56 Å². The third kappa shape index (κ3) is 3.14. The molecule has 1 heterocycles. The van der Waals surface area contributed by atoms with E-state index in [1.165, 1.54) is 23.1 Å². The number of nitrogens with one attached hydrogen (secondary N) is 1. The molecule has 1 N–H and O–H groups in total. The van der Waals surface area contributed by atoms with Crippen molar-refractivity contribution in [2.45, 2.75) is 26.4 Å². The molecular weight excluding hydrogens is 245 g/mol. The minimum absolute atomic E-state index is 0.0899. The molecule has 0 fully saturated rings. The Hall–Kier alpha value is -2.26. The summed E-state index contributed by atoms with van der Waals surface area (Å²) in [5.74, 6) is -0.211. The Morgan fingerprint density at radius 1 is 1.47 bits per heavy atom. The monoisotopic (exact) mass is 259 g/mol. The smallest absolute Gasteiger partial charge is 0.252 e. The molecule has 0 amide bonds. The first-order valence-electron chi connectivity index (χ1n) is 5.94. The molecule has 5 nitrogen and oxygen atoms in total. The number of benzene rings is 1. The highest BCUT2D eigenvalue weighted by Gasteiger charge is 2.09. The molecule has 2 rings (SSSR count). The maximum atomic E-state index is 13.3. The Morgan fingerprint density at radius 2 is 2.26 bits per heavy atom. The number of aromatic nitrogens is 3. The highest BCUT2D eigenvalue weighted by molar-refractivity contribution is 5.40. The van der Waals surface area contributed by atoms with Crippen LogP contribution in [0, 0.1) is 17.1 Å². The molecule has 0 aliphatic carbocycles. The summed E-state index contributed by atoms with van der Waals surface area (Å²) >= 11 is 0. The van der Waals surface area contributed by atoms with Gasteiger partial charge in [0.2, 0.25) is 0 Å². The van der Waals surface area contributed by atoms with Crippen molar-refractivity contribution >= 4 is 0 Å². The van der Waals surface area contributed by atoms with Gasteiger partial charge in [-0.25, -0.2) is 14.1 Å². The lowest BCUT2D eigenvalue weighted by Gasteiger charge is -2.12. The van der Waals surface area contributed by atoms with Gasteiger partial charge in [0.25, 0.3) is 5.82 Å². The van der Waals surface area contributed by atoms with Crippen LogP contribution in [0.3, 0.4) is 0 Å². The summed E-state index contributed by atoms with van der Waals surface area (Å²) in [6, 6.07) is 6.61. The lowest BCUT2D eigenvalue weighted by molar-refractivity contribution is 0.578. The summed E-state index contributed by atoms with van der Waals surface area (Å²) in [6.45, 7) is 4.55. The molecule has 1 aromatic heterocycles. The Labute approximate surface area is 110 Å². The first-order valence-corrected chi connectivity index (χ1v) is 5.94. The summed E-state index contributed by atoms with van der Waals surface area (Å²) in [5, 5.41) is 16.0. The second-order valence-corrected chi connectivity index (χ2v) is 4.43. The summed E-state index contributed by atoms with van der Waals surface area (Å²) < 4.78 is 14.8. The minimum atomic E-state index is -0.301.